The number of anilines is 1. The summed E-state index contributed by atoms with van der Waals surface area (Å²) in [5.74, 6) is -0.644. The van der Waals surface area contributed by atoms with Crippen LogP contribution in [0.4, 0.5) is 10.1 Å². The molecule has 0 atom stereocenters. The van der Waals surface area contributed by atoms with E-state index >= 15 is 0 Å². The Bertz CT molecular complexity index is 816. The highest BCUT2D eigenvalue weighted by atomic mass is 35.5. The van der Waals surface area contributed by atoms with Gasteiger partial charge in [0, 0.05) is 5.69 Å². The Labute approximate surface area is 124 Å². The van der Waals surface area contributed by atoms with Gasteiger partial charge in [-0.15, -0.1) is 11.6 Å². The van der Waals surface area contributed by atoms with Crippen molar-refractivity contribution in [2.45, 2.75) is 0 Å². The first-order valence-electron chi connectivity index (χ1n) is 6.18. The summed E-state index contributed by atoms with van der Waals surface area (Å²) in [4.78, 5) is 15.5. The molecule has 1 aromatic heterocycles. The van der Waals surface area contributed by atoms with Gasteiger partial charge >= 0.3 is 0 Å². The summed E-state index contributed by atoms with van der Waals surface area (Å²) in [6, 6.07) is 11.2. The third-order valence-electron chi connectivity index (χ3n) is 2.90. The molecule has 0 aliphatic heterocycles. The third-order valence-corrected chi connectivity index (χ3v) is 3.14. The fraction of sp³-hybridized carbons (Fsp3) is 0.0667. The number of alkyl halides is 1. The van der Waals surface area contributed by atoms with Crippen molar-refractivity contribution in [2.75, 3.05) is 11.2 Å². The molecular formula is C15H10ClFN2O2. The van der Waals surface area contributed by atoms with Gasteiger partial charge in [-0.3, -0.25) is 4.79 Å². The summed E-state index contributed by atoms with van der Waals surface area (Å²) in [7, 11) is 0. The van der Waals surface area contributed by atoms with Gasteiger partial charge in [0.1, 0.15) is 17.2 Å². The lowest BCUT2D eigenvalue weighted by Gasteiger charge is -2.01. The minimum Gasteiger partial charge on any atom is -0.436 e. The van der Waals surface area contributed by atoms with E-state index < -0.39 is 5.82 Å². The summed E-state index contributed by atoms with van der Waals surface area (Å²) in [6.07, 6.45) is 0. The Balaban J connectivity index is 2.01. The fourth-order valence-corrected chi connectivity index (χ4v) is 2.02. The lowest BCUT2D eigenvalue weighted by Crippen LogP contribution is -2.12. The van der Waals surface area contributed by atoms with Gasteiger partial charge in [-0.05, 0) is 30.3 Å². The van der Waals surface area contributed by atoms with Crippen molar-refractivity contribution in [1.29, 1.82) is 0 Å². The lowest BCUT2D eigenvalue weighted by atomic mass is 10.2. The van der Waals surface area contributed by atoms with Crippen molar-refractivity contribution in [2.24, 2.45) is 0 Å². The molecule has 0 fully saturated rings. The van der Waals surface area contributed by atoms with Gasteiger partial charge in [0.2, 0.25) is 11.8 Å². The van der Waals surface area contributed by atoms with Crippen LogP contribution in [0.3, 0.4) is 0 Å². The number of hydrogen-bond donors (Lipinski definition) is 1. The molecule has 0 aliphatic rings. The molecule has 2 aromatic carbocycles. The molecule has 1 amide bonds. The van der Waals surface area contributed by atoms with Gasteiger partial charge in [0.25, 0.3) is 0 Å². The van der Waals surface area contributed by atoms with Crippen molar-refractivity contribution >= 4 is 34.3 Å². The minimum atomic E-state index is -0.403. The Morgan fingerprint density at radius 1 is 1.29 bits per heavy atom. The molecule has 3 rings (SSSR count). The number of hydrogen-bond acceptors (Lipinski definition) is 3. The van der Waals surface area contributed by atoms with Crippen LogP contribution in [0, 0.1) is 5.82 Å². The van der Waals surface area contributed by atoms with E-state index in [2.05, 4.69) is 10.3 Å². The smallest absolute Gasteiger partial charge is 0.239 e. The number of aromatic nitrogens is 1. The Morgan fingerprint density at radius 3 is 2.86 bits per heavy atom. The van der Waals surface area contributed by atoms with E-state index in [9.17, 15) is 9.18 Å². The van der Waals surface area contributed by atoms with Crippen LogP contribution in [-0.4, -0.2) is 16.8 Å². The number of oxazole rings is 1. The number of benzene rings is 2. The van der Waals surface area contributed by atoms with Crippen LogP contribution in [0.15, 0.2) is 46.9 Å². The maximum atomic E-state index is 13.7. The Morgan fingerprint density at radius 2 is 2.10 bits per heavy atom. The summed E-state index contributed by atoms with van der Waals surface area (Å²) in [6.45, 7) is 0. The quantitative estimate of drug-likeness (QED) is 0.749. The van der Waals surface area contributed by atoms with Crippen LogP contribution < -0.4 is 5.32 Å². The van der Waals surface area contributed by atoms with Gasteiger partial charge in [-0.2, -0.15) is 0 Å². The number of carbonyl (C=O) groups excluding carboxylic acids is 1. The first-order chi connectivity index (χ1) is 10.2. The van der Waals surface area contributed by atoms with Crippen molar-refractivity contribution in [3.63, 3.8) is 0 Å². The van der Waals surface area contributed by atoms with Gasteiger partial charge in [0.05, 0.1) is 5.56 Å². The molecule has 106 valence electrons. The molecule has 4 nitrogen and oxygen atoms in total. The zero-order valence-electron chi connectivity index (χ0n) is 10.8. The van der Waals surface area contributed by atoms with E-state index in [0.29, 0.717) is 22.4 Å². The zero-order chi connectivity index (χ0) is 14.8. The SMILES string of the molecule is O=C(CCl)Nc1ccc2oc(-c3ccccc3F)nc2c1. The molecule has 0 aliphatic carbocycles. The molecule has 0 unspecified atom stereocenters. The second-order valence-electron chi connectivity index (χ2n) is 4.36. The highest BCUT2D eigenvalue weighted by molar-refractivity contribution is 6.29. The minimum absolute atomic E-state index is 0.128. The number of fused-ring (bicyclic) bond motifs is 1. The van der Waals surface area contributed by atoms with Crippen LogP contribution in [-0.2, 0) is 4.79 Å². The van der Waals surface area contributed by atoms with E-state index in [1.165, 1.54) is 6.07 Å². The van der Waals surface area contributed by atoms with E-state index in [0.717, 1.165) is 0 Å². The third kappa shape index (κ3) is 2.73. The monoisotopic (exact) mass is 304 g/mol. The van der Waals surface area contributed by atoms with Crippen molar-refractivity contribution in [3.05, 3.63) is 48.3 Å². The summed E-state index contributed by atoms with van der Waals surface area (Å²) >= 11 is 5.43. The van der Waals surface area contributed by atoms with Crippen LogP contribution in [0.2, 0.25) is 0 Å². The molecule has 0 bridgehead atoms. The predicted octanol–water partition coefficient (Wildman–Crippen LogP) is 3.81. The molecule has 3 aromatic rings. The largest absolute Gasteiger partial charge is 0.436 e. The number of amides is 1. The van der Waals surface area contributed by atoms with Crippen molar-refractivity contribution in [3.8, 4) is 11.5 Å². The molecule has 6 heteroatoms. The average molecular weight is 305 g/mol. The van der Waals surface area contributed by atoms with E-state index in [1.807, 2.05) is 0 Å². The van der Waals surface area contributed by atoms with Crippen LogP contribution in [0.25, 0.3) is 22.6 Å². The zero-order valence-corrected chi connectivity index (χ0v) is 11.5. The van der Waals surface area contributed by atoms with Crippen molar-refractivity contribution in [1.82, 2.24) is 4.98 Å². The van der Waals surface area contributed by atoms with Crippen LogP contribution in [0.5, 0.6) is 0 Å². The first-order valence-corrected chi connectivity index (χ1v) is 6.72. The second kappa shape index (κ2) is 5.54. The lowest BCUT2D eigenvalue weighted by molar-refractivity contribution is -0.113. The standard InChI is InChI=1S/C15H10ClFN2O2/c16-8-14(20)18-9-5-6-13-12(7-9)19-15(21-13)10-3-1-2-4-11(10)17/h1-7H,8H2,(H,18,20). The summed E-state index contributed by atoms with van der Waals surface area (Å²) in [5.41, 5.74) is 1.89. The molecule has 0 saturated carbocycles. The number of rotatable bonds is 3. The van der Waals surface area contributed by atoms with Gasteiger partial charge in [-0.25, -0.2) is 9.37 Å². The van der Waals surface area contributed by atoms with Gasteiger partial charge in [-0.1, -0.05) is 12.1 Å². The molecule has 1 N–H and O–H groups in total. The number of nitrogens with zero attached hydrogens (tertiary/aromatic N) is 1. The van der Waals surface area contributed by atoms with Gasteiger partial charge in [0.15, 0.2) is 5.58 Å². The number of nitrogens with one attached hydrogen (secondary N) is 1. The average Bonchev–Trinajstić information content (AvgIpc) is 2.90. The molecule has 0 saturated heterocycles. The fourth-order valence-electron chi connectivity index (χ4n) is 1.95. The molecule has 0 spiro atoms. The molecule has 1 heterocycles. The number of carbonyl (C=O) groups is 1. The maximum absolute atomic E-state index is 13.7. The van der Waals surface area contributed by atoms with Crippen molar-refractivity contribution < 1.29 is 13.6 Å². The van der Waals surface area contributed by atoms with E-state index in [4.69, 9.17) is 16.0 Å². The summed E-state index contributed by atoms with van der Waals surface area (Å²) in [5, 5.41) is 2.62. The summed E-state index contributed by atoms with van der Waals surface area (Å²) < 4.78 is 19.3. The topological polar surface area (TPSA) is 55.1 Å². The molecule has 21 heavy (non-hydrogen) atoms. The Hall–Kier alpha value is -2.40. The van der Waals surface area contributed by atoms with E-state index in [-0.39, 0.29) is 17.7 Å². The van der Waals surface area contributed by atoms with Crippen LogP contribution in [0.1, 0.15) is 0 Å². The van der Waals surface area contributed by atoms with E-state index in [1.54, 1.807) is 36.4 Å². The second-order valence-corrected chi connectivity index (χ2v) is 4.63. The highest BCUT2D eigenvalue weighted by Gasteiger charge is 2.12. The Kier molecular flexibility index (Phi) is 3.58. The number of halogens is 2. The highest BCUT2D eigenvalue weighted by Crippen LogP contribution is 2.27. The molecular weight excluding hydrogens is 295 g/mol. The van der Waals surface area contributed by atoms with Gasteiger partial charge < -0.3 is 9.73 Å². The first kappa shape index (κ1) is 13.6. The predicted molar refractivity (Wildman–Crippen MR) is 78.8 cm³/mol. The molecule has 0 radical (unpaired) electrons. The van der Waals surface area contributed by atoms with Crippen LogP contribution >= 0.6 is 11.6 Å². The normalized spacial score (nSPS) is 10.8. The maximum Gasteiger partial charge on any atom is 0.239 e.